The van der Waals surface area contributed by atoms with Crippen molar-refractivity contribution in [3.63, 3.8) is 0 Å². The zero-order chi connectivity index (χ0) is 20.6. The second-order valence-corrected chi connectivity index (χ2v) is 8.42. The van der Waals surface area contributed by atoms with E-state index >= 15 is 0 Å². The highest BCUT2D eigenvalue weighted by Crippen LogP contribution is 2.47. The van der Waals surface area contributed by atoms with E-state index in [2.05, 4.69) is 24.3 Å². The first-order valence-corrected chi connectivity index (χ1v) is 10.7. The molecule has 150 valence electrons. The first-order valence-electron chi connectivity index (χ1n) is 10.7. The summed E-state index contributed by atoms with van der Waals surface area (Å²) in [6, 6.07) is 28.4. The van der Waals surface area contributed by atoms with Crippen LogP contribution in [0.25, 0.3) is 0 Å². The molecule has 0 aromatic heterocycles. The molecule has 2 N–H and O–H groups in total. The average Bonchev–Trinajstić information content (AvgIpc) is 2.79. The summed E-state index contributed by atoms with van der Waals surface area (Å²) >= 11 is 0. The van der Waals surface area contributed by atoms with E-state index in [0.717, 1.165) is 35.1 Å². The van der Waals surface area contributed by atoms with Crippen molar-refractivity contribution in [3.8, 4) is 0 Å². The monoisotopic (exact) mass is 394 g/mol. The lowest BCUT2D eigenvalue weighted by atomic mass is 9.69. The van der Waals surface area contributed by atoms with Crippen LogP contribution in [0.5, 0.6) is 0 Å². The fourth-order valence-electron chi connectivity index (χ4n) is 4.79. The first kappa shape index (κ1) is 19.0. The van der Waals surface area contributed by atoms with Crippen LogP contribution in [-0.4, -0.2) is 10.2 Å². The summed E-state index contributed by atoms with van der Waals surface area (Å²) in [6.45, 7) is 0. The van der Waals surface area contributed by atoms with Gasteiger partial charge in [-0.2, -0.15) is 0 Å². The maximum atomic E-state index is 12.0. The molecule has 0 fully saturated rings. The van der Waals surface area contributed by atoms with Crippen LogP contribution in [0.2, 0.25) is 0 Å². The maximum absolute atomic E-state index is 12.0. The molecular formula is C28H26O2. The minimum atomic E-state index is -1.21. The first-order chi connectivity index (χ1) is 14.6. The molecule has 4 bridgehead atoms. The van der Waals surface area contributed by atoms with Crippen molar-refractivity contribution < 1.29 is 10.2 Å². The summed E-state index contributed by atoms with van der Waals surface area (Å²) in [7, 11) is 0. The van der Waals surface area contributed by atoms with Gasteiger partial charge in [0.05, 0.1) is 0 Å². The molecule has 2 nitrogen and oxygen atoms in total. The van der Waals surface area contributed by atoms with E-state index < -0.39 is 11.2 Å². The van der Waals surface area contributed by atoms with Gasteiger partial charge in [0, 0.05) is 0 Å². The van der Waals surface area contributed by atoms with E-state index in [4.69, 9.17) is 0 Å². The number of benzene rings is 3. The Balaban J connectivity index is 1.71. The third-order valence-electron chi connectivity index (χ3n) is 6.56. The van der Waals surface area contributed by atoms with Crippen LogP contribution in [0, 0.1) is 0 Å². The Morgan fingerprint density at radius 3 is 1.20 bits per heavy atom. The van der Waals surface area contributed by atoms with Crippen LogP contribution in [0.1, 0.15) is 35.1 Å². The lowest BCUT2D eigenvalue weighted by Gasteiger charge is -2.41. The van der Waals surface area contributed by atoms with Gasteiger partial charge in [-0.25, -0.2) is 0 Å². The molecule has 30 heavy (non-hydrogen) atoms. The fourth-order valence-corrected chi connectivity index (χ4v) is 4.79. The van der Waals surface area contributed by atoms with Crippen molar-refractivity contribution in [2.24, 2.45) is 0 Å². The topological polar surface area (TPSA) is 40.5 Å². The normalized spacial score (nSPS) is 25.8. The zero-order valence-electron chi connectivity index (χ0n) is 17.0. The third-order valence-corrected chi connectivity index (χ3v) is 6.56. The van der Waals surface area contributed by atoms with E-state index in [1.54, 1.807) is 0 Å². The van der Waals surface area contributed by atoms with Crippen LogP contribution in [0.3, 0.4) is 0 Å². The molecule has 2 heteroatoms. The van der Waals surface area contributed by atoms with Crippen LogP contribution in [0.4, 0.5) is 0 Å². The molecule has 5 aliphatic carbocycles. The van der Waals surface area contributed by atoms with Gasteiger partial charge in [-0.3, -0.25) is 0 Å². The molecule has 3 aromatic rings. The van der Waals surface area contributed by atoms with Crippen molar-refractivity contribution in [2.75, 3.05) is 0 Å². The Labute approximate surface area is 177 Å². The molecule has 0 amide bonds. The number of rotatable bonds is 2. The largest absolute Gasteiger partial charge is 0.377 e. The Morgan fingerprint density at radius 1 is 0.467 bits per heavy atom. The van der Waals surface area contributed by atoms with Crippen molar-refractivity contribution >= 4 is 0 Å². The summed E-state index contributed by atoms with van der Waals surface area (Å²) in [5, 5.41) is 23.9. The average molecular weight is 395 g/mol. The molecular weight excluding hydrogens is 368 g/mol. The molecule has 0 spiro atoms. The van der Waals surface area contributed by atoms with E-state index in [0.29, 0.717) is 12.8 Å². The van der Waals surface area contributed by atoms with Crippen molar-refractivity contribution in [1.29, 1.82) is 0 Å². The molecule has 0 radical (unpaired) electrons. The van der Waals surface area contributed by atoms with Crippen LogP contribution < -0.4 is 0 Å². The Kier molecular flexibility index (Phi) is 4.69. The molecule has 0 heterocycles. The molecule has 3 aromatic carbocycles. The lowest BCUT2D eigenvalue weighted by molar-refractivity contribution is 0.0810. The van der Waals surface area contributed by atoms with Gasteiger partial charge in [0.15, 0.2) is 0 Å². The fraction of sp³-hybridized carbons (Fsp3) is 0.214. The Hall–Kier alpha value is -2.94. The highest BCUT2D eigenvalue weighted by molar-refractivity contribution is 5.51. The maximum Gasteiger partial charge on any atom is 0.130 e. The van der Waals surface area contributed by atoms with Gasteiger partial charge in [0.1, 0.15) is 11.2 Å². The van der Waals surface area contributed by atoms with Gasteiger partial charge < -0.3 is 10.2 Å². The summed E-state index contributed by atoms with van der Waals surface area (Å²) in [5.74, 6) is 0. The zero-order valence-corrected chi connectivity index (χ0v) is 17.0. The summed E-state index contributed by atoms with van der Waals surface area (Å²) < 4.78 is 0. The molecule has 2 atom stereocenters. The highest BCUT2D eigenvalue weighted by Gasteiger charge is 2.43. The second kappa shape index (κ2) is 7.39. The van der Waals surface area contributed by atoms with E-state index in [-0.39, 0.29) is 0 Å². The standard InChI is InChI=1S/C28H26O2/c29-27(23-7-3-1-4-8-23)19-26-18-16-22-13-11-21(12-14-22)15-17-25(27)20-28(26,30)24-9-5-2-6-10-24/h1-14,19-20,29-30H,15-18H2/t27-,28-/m1/s1. The molecule has 5 aliphatic rings. The second-order valence-electron chi connectivity index (χ2n) is 8.42. The van der Waals surface area contributed by atoms with Crippen LogP contribution >= 0.6 is 0 Å². The predicted octanol–water partition coefficient (Wildman–Crippen LogP) is 5.21. The van der Waals surface area contributed by atoms with E-state index in [1.165, 1.54) is 11.1 Å². The Bertz CT molecular complexity index is 1010. The van der Waals surface area contributed by atoms with Gasteiger partial charge in [-0.1, -0.05) is 84.9 Å². The molecule has 8 rings (SSSR count). The minimum Gasteiger partial charge on any atom is -0.377 e. The molecule has 0 saturated carbocycles. The molecule has 0 aliphatic heterocycles. The SMILES string of the molecule is O[C@@]1(c2ccccc2)C=C2CCc3ccc(cc3)CCC1=C[C@@]2(O)c1ccccc1. The molecule has 0 saturated heterocycles. The number of aryl methyl sites for hydroxylation is 2. The summed E-state index contributed by atoms with van der Waals surface area (Å²) in [4.78, 5) is 0. The number of hydrogen-bond donors (Lipinski definition) is 2. The number of aliphatic hydroxyl groups is 2. The van der Waals surface area contributed by atoms with Gasteiger partial charge in [-0.05, 0) is 71.2 Å². The van der Waals surface area contributed by atoms with Crippen LogP contribution in [0.15, 0.2) is 108 Å². The van der Waals surface area contributed by atoms with Gasteiger partial charge in [-0.15, -0.1) is 0 Å². The van der Waals surface area contributed by atoms with Gasteiger partial charge in [0.2, 0.25) is 0 Å². The number of hydrogen-bond acceptors (Lipinski definition) is 2. The summed E-state index contributed by atoms with van der Waals surface area (Å²) in [6.07, 6.45) is 6.80. The van der Waals surface area contributed by atoms with Crippen molar-refractivity contribution in [2.45, 2.75) is 36.9 Å². The van der Waals surface area contributed by atoms with Gasteiger partial charge >= 0.3 is 0 Å². The molecule has 0 unspecified atom stereocenters. The minimum absolute atomic E-state index is 0.670. The van der Waals surface area contributed by atoms with Crippen molar-refractivity contribution in [3.05, 3.63) is 130 Å². The van der Waals surface area contributed by atoms with Gasteiger partial charge in [0.25, 0.3) is 0 Å². The Morgan fingerprint density at radius 2 is 0.833 bits per heavy atom. The highest BCUT2D eigenvalue weighted by atomic mass is 16.3. The smallest absolute Gasteiger partial charge is 0.130 e. The quantitative estimate of drug-likeness (QED) is 0.586. The third kappa shape index (κ3) is 3.23. The van der Waals surface area contributed by atoms with Crippen molar-refractivity contribution in [1.82, 2.24) is 0 Å². The summed E-state index contributed by atoms with van der Waals surface area (Å²) in [5.41, 5.74) is 3.43. The van der Waals surface area contributed by atoms with Crippen LogP contribution in [-0.2, 0) is 24.0 Å². The predicted molar refractivity (Wildman–Crippen MR) is 120 cm³/mol. The lowest BCUT2D eigenvalue weighted by Crippen LogP contribution is -2.38. The van der Waals surface area contributed by atoms with E-state index in [9.17, 15) is 10.2 Å². The van der Waals surface area contributed by atoms with E-state index in [1.807, 2.05) is 72.8 Å².